The molecule has 0 unspecified atom stereocenters. The Bertz CT molecular complexity index is 371. The predicted molar refractivity (Wildman–Crippen MR) is 75.9 cm³/mol. The average molecular weight is 244 g/mol. The highest BCUT2D eigenvalue weighted by Gasteiger charge is 2.26. The van der Waals surface area contributed by atoms with Crippen molar-refractivity contribution in [2.24, 2.45) is 5.92 Å². The Morgan fingerprint density at radius 1 is 1.11 bits per heavy atom. The number of nitrogens with one attached hydrogen (secondary N) is 1. The number of hydrogen-bond donors (Lipinski definition) is 1. The van der Waals surface area contributed by atoms with Crippen molar-refractivity contribution in [2.45, 2.75) is 31.7 Å². The van der Waals surface area contributed by atoms with Crippen LogP contribution in [0.25, 0.3) is 0 Å². The summed E-state index contributed by atoms with van der Waals surface area (Å²) >= 11 is 0. The van der Waals surface area contributed by atoms with Gasteiger partial charge in [-0.1, -0.05) is 24.3 Å². The van der Waals surface area contributed by atoms with Crippen LogP contribution in [0.5, 0.6) is 0 Å². The van der Waals surface area contributed by atoms with Gasteiger partial charge in [0, 0.05) is 12.6 Å². The van der Waals surface area contributed by atoms with Gasteiger partial charge in [-0.3, -0.25) is 0 Å². The maximum atomic E-state index is 3.45. The minimum absolute atomic E-state index is 0.734. The van der Waals surface area contributed by atoms with E-state index in [0.717, 1.165) is 12.0 Å². The normalized spacial score (nSPS) is 21.4. The molecule has 0 bridgehead atoms. The van der Waals surface area contributed by atoms with Crippen LogP contribution in [0.3, 0.4) is 0 Å². The second-order valence-corrected chi connectivity index (χ2v) is 5.96. The van der Waals surface area contributed by atoms with Crippen LogP contribution < -0.4 is 5.32 Å². The molecule has 1 aromatic carbocycles. The highest BCUT2D eigenvalue weighted by molar-refractivity contribution is 5.33. The van der Waals surface area contributed by atoms with E-state index in [0.29, 0.717) is 0 Å². The summed E-state index contributed by atoms with van der Waals surface area (Å²) in [6.07, 6.45) is 5.20. The van der Waals surface area contributed by atoms with Gasteiger partial charge in [0.25, 0.3) is 0 Å². The van der Waals surface area contributed by atoms with Crippen LogP contribution in [0.15, 0.2) is 24.3 Å². The fourth-order valence-electron chi connectivity index (χ4n) is 3.47. The molecule has 1 aliphatic carbocycles. The summed E-state index contributed by atoms with van der Waals surface area (Å²) in [5.74, 6) is 0.903. The minimum atomic E-state index is 0.734. The van der Waals surface area contributed by atoms with Gasteiger partial charge in [-0.25, -0.2) is 0 Å². The number of fused-ring (bicyclic) bond motifs is 1. The summed E-state index contributed by atoms with van der Waals surface area (Å²) in [7, 11) is 2.32. The molecule has 0 atom stereocenters. The molecule has 1 heterocycles. The summed E-state index contributed by atoms with van der Waals surface area (Å²) in [5, 5.41) is 3.45. The van der Waals surface area contributed by atoms with Crippen LogP contribution in [0, 0.1) is 5.92 Å². The highest BCUT2D eigenvalue weighted by Crippen LogP contribution is 2.26. The van der Waals surface area contributed by atoms with Crippen molar-refractivity contribution in [1.29, 1.82) is 0 Å². The molecular weight excluding hydrogens is 220 g/mol. The number of piperidine rings is 1. The molecule has 1 N–H and O–H groups in total. The van der Waals surface area contributed by atoms with Crippen molar-refractivity contribution in [3.8, 4) is 0 Å². The van der Waals surface area contributed by atoms with Gasteiger partial charge in [0.2, 0.25) is 0 Å². The Labute approximate surface area is 110 Å². The van der Waals surface area contributed by atoms with Crippen LogP contribution in [-0.2, 0) is 12.8 Å². The van der Waals surface area contributed by atoms with Crippen molar-refractivity contribution in [2.75, 3.05) is 26.7 Å². The van der Waals surface area contributed by atoms with Gasteiger partial charge in [-0.15, -0.1) is 0 Å². The number of hydrogen-bond acceptors (Lipinski definition) is 2. The van der Waals surface area contributed by atoms with Gasteiger partial charge in [0.15, 0.2) is 0 Å². The molecular formula is C16H24N2. The molecule has 0 aromatic heterocycles. The van der Waals surface area contributed by atoms with Gasteiger partial charge >= 0.3 is 0 Å². The fourth-order valence-corrected chi connectivity index (χ4v) is 3.47. The molecule has 18 heavy (non-hydrogen) atoms. The van der Waals surface area contributed by atoms with Crippen LogP contribution in [0.2, 0.25) is 0 Å². The van der Waals surface area contributed by atoms with Gasteiger partial charge in [-0.05, 0) is 62.9 Å². The Morgan fingerprint density at radius 3 is 2.33 bits per heavy atom. The van der Waals surface area contributed by atoms with Crippen LogP contribution >= 0.6 is 0 Å². The minimum Gasteiger partial charge on any atom is -0.317 e. The van der Waals surface area contributed by atoms with Gasteiger partial charge in [0.05, 0.1) is 0 Å². The third-order valence-corrected chi connectivity index (χ3v) is 4.66. The van der Waals surface area contributed by atoms with Crippen molar-refractivity contribution in [3.63, 3.8) is 0 Å². The fraction of sp³-hybridized carbons (Fsp3) is 0.625. The quantitative estimate of drug-likeness (QED) is 0.876. The first-order valence-corrected chi connectivity index (χ1v) is 7.30. The SMILES string of the molecule is CN(CC1CCNCC1)C1Cc2ccccc2C1. The molecule has 0 amide bonds. The Hall–Kier alpha value is -0.860. The Kier molecular flexibility index (Phi) is 3.67. The lowest BCUT2D eigenvalue weighted by molar-refractivity contribution is 0.190. The number of benzene rings is 1. The maximum Gasteiger partial charge on any atom is 0.0173 e. The first-order valence-electron chi connectivity index (χ1n) is 7.30. The summed E-state index contributed by atoms with van der Waals surface area (Å²) in [5.41, 5.74) is 3.14. The van der Waals surface area contributed by atoms with E-state index in [4.69, 9.17) is 0 Å². The van der Waals surface area contributed by atoms with Crippen molar-refractivity contribution in [3.05, 3.63) is 35.4 Å². The second kappa shape index (κ2) is 5.41. The lowest BCUT2D eigenvalue weighted by Crippen LogP contribution is -2.39. The summed E-state index contributed by atoms with van der Waals surface area (Å²) in [6, 6.07) is 9.68. The van der Waals surface area contributed by atoms with E-state index in [1.165, 1.54) is 45.3 Å². The summed E-state index contributed by atoms with van der Waals surface area (Å²) in [4.78, 5) is 2.61. The van der Waals surface area contributed by atoms with Crippen molar-refractivity contribution in [1.82, 2.24) is 10.2 Å². The summed E-state index contributed by atoms with van der Waals surface area (Å²) in [6.45, 7) is 3.70. The molecule has 0 radical (unpaired) electrons. The smallest absolute Gasteiger partial charge is 0.0173 e. The average Bonchev–Trinajstić information content (AvgIpc) is 2.84. The topological polar surface area (TPSA) is 15.3 Å². The molecule has 0 spiro atoms. The zero-order valence-electron chi connectivity index (χ0n) is 11.4. The van der Waals surface area contributed by atoms with E-state index < -0.39 is 0 Å². The van der Waals surface area contributed by atoms with E-state index in [1.807, 2.05) is 0 Å². The lowest BCUT2D eigenvalue weighted by Gasteiger charge is -2.31. The standard InChI is InChI=1S/C16H24N2/c1-18(12-13-6-8-17-9-7-13)16-10-14-4-2-3-5-15(14)11-16/h2-5,13,16-17H,6-12H2,1H3. The third-order valence-electron chi connectivity index (χ3n) is 4.66. The molecule has 3 rings (SSSR count). The molecule has 1 saturated heterocycles. The summed E-state index contributed by atoms with van der Waals surface area (Å²) < 4.78 is 0. The highest BCUT2D eigenvalue weighted by atomic mass is 15.1. The zero-order chi connectivity index (χ0) is 12.4. The maximum absolute atomic E-state index is 3.45. The number of rotatable bonds is 3. The molecule has 0 saturated carbocycles. The van der Waals surface area contributed by atoms with Crippen molar-refractivity contribution < 1.29 is 0 Å². The molecule has 2 nitrogen and oxygen atoms in total. The molecule has 98 valence electrons. The van der Waals surface area contributed by atoms with Gasteiger partial charge < -0.3 is 10.2 Å². The second-order valence-electron chi connectivity index (χ2n) is 5.96. The first-order chi connectivity index (χ1) is 8.83. The predicted octanol–water partition coefficient (Wildman–Crippen LogP) is 2.09. The van der Waals surface area contributed by atoms with Crippen LogP contribution in [-0.4, -0.2) is 37.6 Å². The van der Waals surface area contributed by atoms with Crippen molar-refractivity contribution >= 4 is 0 Å². The molecule has 1 aliphatic heterocycles. The van der Waals surface area contributed by atoms with Gasteiger partial charge in [-0.2, -0.15) is 0 Å². The largest absolute Gasteiger partial charge is 0.317 e. The van der Waals surface area contributed by atoms with E-state index in [1.54, 1.807) is 11.1 Å². The third kappa shape index (κ3) is 2.60. The van der Waals surface area contributed by atoms with Gasteiger partial charge in [0.1, 0.15) is 0 Å². The molecule has 1 fully saturated rings. The van der Waals surface area contributed by atoms with Crippen LogP contribution in [0.4, 0.5) is 0 Å². The van der Waals surface area contributed by atoms with E-state index in [9.17, 15) is 0 Å². The number of likely N-dealkylation sites (N-methyl/N-ethyl adjacent to an activating group) is 1. The lowest BCUT2D eigenvalue weighted by atomic mass is 9.97. The Morgan fingerprint density at radius 2 is 1.72 bits per heavy atom. The van der Waals surface area contributed by atoms with E-state index >= 15 is 0 Å². The molecule has 1 aromatic rings. The molecule has 2 aliphatic rings. The van der Waals surface area contributed by atoms with Crippen LogP contribution in [0.1, 0.15) is 24.0 Å². The number of nitrogens with zero attached hydrogens (tertiary/aromatic N) is 1. The Balaban J connectivity index is 1.56. The molecule has 2 heteroatoms. The van der Waals surface area contributed by atoms with E-state index in [2.05, 4.69) is 41.5 Å². The first kappa shape index (κ1) is 12.2. The zero-order valence-corrected chi connectivity index (χ0v) is 11.4. The monoisotopic (exact) mass is 244 g/mol. The van der Waals surface area contributed by atoms with E-state index in [-0.39, 0.29) is 0 Å².